The third-order valence-electron chi connectivity index (χ3n) is 4.78. The van der Waals surface area contributed by atoms with Crippen LogP contribution >= 0.6 is 0 Å². The maximum atomic E-state index is 13.8. The van der Waals surface area contributed by atoms with Crippen molar-refractivity contribution in [3.63, 3.8) is 0 Å². The first-order valence-electron chi connectivity index (χ1n) is 7.76. The van der Waals surface area contributed by atoms with E-state index in [1.807, 2.05) is 0 Å². The van der Waals surface area contributed by atoms with Gasteiger partial charge >= 0.3 is 0 Å². The number of nitrogens with zero attached hydrogens (tertiary/aromatic N) is 2. The molecule has 3 heterocycles. The van der Waals surface area contributed by atoms with Gasteiger partial charge in [-0.3, -0.25) is 4.79 Å². The van der Waals surface area contributed by atoms with Crippen LogP contribution in [0.25, 0.3) is 11.3 Å². The predicted molar refractivity (Wildman–Crippen MR) is 80.3 cm³/mol. The van der Waals surface area contributed by atoms with E-state index in [2.05, 4.69) is 5.16 Å². The van der Waals surface area contributed by atoms with Gasteiger partial charge in [-0.1, -0.05) is 17.3 Å². The Morgan fingerprint density at radius 2 is 2.17 bits per heavy atom. The Balaban J connectivity index is 1.53. The summed E-state index contributed by atoms with van der Waals surface area (Å²) in [4.78, 5) is 14.4. The minimum atomic E-state index is -0.397. The van der Waals surface area contributed by atoms with Gasteiger partial charge in [-0.2, -0.15) is 0 Å². The number of hydrogen-bond donors (Lipinski definition) is 0. The predicted octanol–water partition coefficient (Wildman–Crippen LogP) is 2.73. The molecule has 0 aliphatic carbocycles. The zero-order chi connectivity index (χ0) is 15.9. The van der Waals surface area contributed by atoms with Crippen LogP contribution in [-0.2, 0) is 4.74 Å². The van der Waals surface area contributed by atoms with Crippen LogP contribution in [0.2, 0.25) is 0 Å². The summed E-state index contributed by atoms with van der Waals surface area (Å²) in [5.41, 5.74) is 0.633. The minimum absolute atomic E-state index is 0.105. The smallest absolute Gasteiger partial charge is 0.276 e. The molecule has 120 valence electrons. The molecule has 0 bridgehead atoms. The largest absolute Gasteiger partial charge is 0.381 e. The summed E-state index contributed by atoms with van der Waals surface area (Å²) in [6, 6.07) is 7.78. The Labute approximate surface area is 133 Å². The maximum Gasteiger partial charge on any atom is 0.276 e. The van der Waals surface area contributed by atoms with Crippen LogP contribution in [-0.4, -0.2) is 42.3 Å². The highest BCUT2D eigenvalue weighted by Crippen LogP contribution is 2.38. The van der Waals surface area contributed by atoms with Crippen molar-refractivity contribution in [2.45, 2.75) is 12.8 Å². The van der Waals surface area contributed by atoms with Crippen LogP contribution in [0.5, 0.6) is 0 Å². The summed E-state index contributed by atoms with van der Waals surface area (Å²) in [5.74, 6) is -0.296. The summed E-state index contributed by atoms with van der Waals surface area (Å²) >= 11 is 0. The van der Waals surface area contributed by atoms with Crippen molar-refractivity contribution in [1.82, 2.24) is 10.1 Å². The van der Waals surface area contributed by atoms with Gasteiger partial charge in [0.1, 0.15) is 5.82 Å². The molecule has 1 spiro atoms. The van der Waals surface area contributed by atoms with Gasteiger partial charge in [0, 0.05) is 31.2 Å². The molecule has 5 nitrogen and oxygen atoms in total. The van der Waals surface area contributed by atoms with Crippen molar-refractivity contribution < 1.29 is 18.4 Å². The van der Waals surface area contributed by atoms with Crippen molar-refractivity contribution in [3.8, 4) is 11.3 Å². The molecule has 0 N–H and O–H groups in total. The Bertz CT molecular complexity index is 737. The third kappa shape index (κ3) is 2.53. The highest BCUT2D eigenvalue weighted by Gasteiger charge is 2.43. The molecule has 0 unspecified atom stereocenters. The van der Waals surface area contributed by atoms with Crippen molar-refractivity contribution in [2.24, 2.45) is 5.41 Å². The second-order valence-corrected chi connectivity index (χ2v) is 6.34. The molecule has 2 aliphatic heterocycles. The van der Waals surface area contributed by atoms with Gasteiger partial charge in [0.25, 0.3) is 5.91 Å². The fourth-order valence-corrected chi connectivity index (χ4v) is 3.41. The molecule has 2 saturated heterocycles. The number of amides is 1. The molecule has 1 atom stereocenters. The second kappa shape index (κ2) is 5.45. The van der Waals surface area contributed by atoms with E-state index in [1.165, 1.54) is 12.1 Å². The average molecular weight is 316 g/mol. The number of aromatic nitrogens is 1. The van der Waals surface area contributed by atoms with Gasteiger partial charge in [0.15, 0.2) is 11.5 Å². The number of halogens is 1. The summed E-state index contributed by atoms with van der Waals surface area (Å²) in [5, 5.41) is 3.83. The number of rotatable bonds is 2. The van der Waals surface area contributed by atoms with Crippen molar-refractivity contribution in [2.75, 3.05) is 26.3 Å². The number of carbonyl (C=O) groups is 1. The first kappa shape index (κ1) is 14.4. The lowest BCUT2D eigenvalue weighted by atomic mass is 9.87. The molecule has 1 aromatic carbocycles. The Kier molecular flexibility index (Phi) is 3.41. The van der Waals surface area contributed by atoms with Gasteiger partial charge in [0.2, 0.25) is 0 Å². The average Bonchev–Trinajstić information content (AvgIpc) is 3.30. The van der Waals surface area contributed by atoms with E-state index in [1.54, 1.807) is 23.1 Å². The van der Waals surface area contributed by atoms with Gasteiger partial charge in [-0.25, -0.2) is 4.39 Å². The molecule has 1 aromatic heterocycles. The molecule has 6 heteroatoms. The Hall–Kier alpha value is -2.21. The second-order valence-electron chi connectivity index (χ2n) is 6.34. The highest BCUT2D eigenvalue weighted by molar-refractivity contribution is 5.93. The third-order valence-corrected chi connectivity index (χ3v) is 4.78. The van der Waals surface area contributed by atoms with E-state index in [9.17, 15) is 9.18 Å². The van der Waals surface area contributed by atoms with E-state index >= 15 is 0 Å². The van der Waals surface area contributed by atoms with Gasteiger partial charge < -0.3 is 14.2 Å². The summed E-state index contributed by atoms with van der Waals surface area (Å²) in [6.07, 6.45) is 1.95. The summed E-state index contributed by atoms with van der Waals surface area (Å²) < 4.78 is 24.4. The van der Waals surface area contributed by atoms with Crippen LogP contribution < -0.4 is 0 Å². The number of hydrogen-bond acceptors (Lipinski definition) is 4. The zero-order valence-electron chi connectivity index (χ0n) is 12.6. The number of likely N-dealkylation sites (tertiary alicyclic amines) is 1. The van der Waals surface area contributed by atoms with Gasteiger partial charge in [0.05, 0.1) is 12.2 Å². The minimum Gasteiger partial charge on any atom is -0.381 e. The molecule has 0 saturated carbocycles. The normalized spacial score (nSPS) is 23.8. The summed E-state index contributed by atoms with van der Waals surface area (Å²) in [6.45, 7) is 2.87. The van der Waals surface area contributed by atoms with Crippen LogP contribution in [0.4, 0.5) is 4.39 Å². The van der Waals surface area contributed by atoms with Gasteiger partial charge in [-0.05, 0) is 25.0 Å². The lowest BCUT2D eigenvalue weighted by Gasteiger charge is -2.21. The van der Waals surface area contributed by atoms with E-state index in [0.29, 0.717) is 18.7 Å². The van der Waals surface area contributed by atoms with E-state index in [-0.39, 0.29) is 22.8 Å². The van der Waals surface area contributed by atoms with E-state index < -0.39 is 5.82 Å². The monoisotopic (exact) mass is 316 g/mol. The maximum absolute atomic E-state index is 13.8. The standard InChI is InChI=1S/C17H17FN2O3/c18-13-4-2-1-3-12(13)15-9-14(19-23-15)16(21)20-7-5-17(10-20)6-8-22-11-17/h1-4,9H,5-8,10-11H2/t17-/m0/s1. The highest BCUT2D eigenvalue weighted by atomic mass is 19.1. The molecular formula is C17H17FN2O3. The number of carbonyl (C=O) groups excluding carboxylic acids is 1. The van der Waals surface area contributed by atoms with Crippen LogP contribution in [0, 0.1) is 11.2 Å². The Morgan fingerprint density at radius 3 is 2.96 bits per heavy atom. The lowest BCUT2D eigenvalue weighted by Crippen LogP contribution is -2.32. The molecular weight excluding hydrogens is 299 g/mol. The quantitative estimate of drug-likeness (QED) is 0.855. The number of ether oxygens (including phenoxy) is 1. The molecule has 2 fully saturated rings. The summed E-state index contributed by atoms with van der Waals surface area (Å²) in [7, 11) is 0. The van der Waals surface area contributed by atoms with Crippen LogP contribution in [0.1, 0.15) is 23.3 Å². The zero-order valence-corrected chi connectivity index (χ0v) is 12.6. The fourth-order valence-electron chi connectivity index (χ4n) is 3.41. The van der Waals surface area contributed by atoms with Crippen LogP contribution in [0.3, 0.4) is 0 Å². The van der Waals surface area contributed by atoms with Gasteiger partial charge in [-0.15, -0.1) is 0 Å². The fraction of sp³-hybridized carbons (Fsp3) is 0.412. The van der Waals surface area contributed by atoms with Crippen molar-refractivity contribution in [1.29, 1.82) is 0 Å². The molecule has 1 amide bonds. The molecule has 0 radical (unpaired) electrons. The first-order chi connectivity index (χ1) is 11.2. The topological polar surface area (TPSA) is 55.6 Å². The lowest BCUT2D eigenvalue weighted by molar-refractivity contribution is 0.0755. The first-order valence-corrected chi connectivity index (χ1v) is 7.76. The van der Waals surface area contributed by atoms with E-state index in [0.717, 1.165) is 26.1 Å². The molecule has 2 aliphatic rings. The molecule has 4 rings (SSSR count). The molecule has 23 heavy (non-hydrogen) atoms. The number of benzene rings is 1. The van der Waals surface area contributed by atoms with Crippen molar-refractivity contribution in [3.05, 3.63) is 41.8 Å². The SMILES string of the molecule is O=C(c1cc(-c2ccccc2F)on1)N1CC[C@]2(CCOC2)C1. The molecule has 2 aromatic rings. The van der Waals surface area contributed by atoms with Crippen molar-refractivity contribution >= 4 is 5.91 Å². The van der Waals surface area contributed by atoms with E-state index in [4.69, 9.17) is 9.26 Å². The Morgan fingerprint density at radius 1 is 1.30 bits per heavy atom. The van der Waals surface area contributed by atoms with Crippen LogP contribution in [0.15, 0.2) is 34.9 Å².